The van der Waals surface area contributed by atoms with Gasteiger partial charge in [-0.2, -0.15) is 0 Å². The lowest BCUT2D eigenvalue weighted by atomic mass is 10.2. The van der Waals surface area contributed by atoms with Gasteiger partial charge >= 0.3 is 0 Å². The number of thiazole rings is 1. The number of nitrogens with zero attached hydrogens (tertiary/aromatic N) is 3. The van der Waals surface area contributed by atoms with E-state index in [2.05, 4.69) is 14.8 Å². The number of hydrogen-bond donors (Lipinski definition) is 1. The van der Waals surface area contributed by atoms with Crippen LogP contribution in [0.5, 0.6) is 11.5 Å². The van der Waals surface area contributed by atoms with Gasteiger partial charge in [0.15, 0.2) is 0 Å². The molecule has 0 bridgehead atoms. The molecule has 0 unspecified atom stereocenters. The number of aliphatic hydroxyl groups is 1. The van der Waals surface area contributed by atoms with Crippen LogP contribution in [0, 0.1) is 12.7 Å². The highest BCUT2D eigenvalue weighted by Gasteiger charge is 2.19. The molecule has 2 heterocycles. The second-order valence-electron chi connectivity index (χ2n) is 8.13. The van der Waals surface area contributed by atoms with Crippen LogP contribution in [-0.2, 0) is 0 Å². The topological polar surface area (TPSA) is 58.1 Å². The van der Waals surface area contributed by atoms with Gasteiger partial charge in [0.1, 0.15) is 30.0 Å². The number of piperazine rings is 1. The number of aliphatic hydroxyl groups excluding tert-OH is 1. The summed E-state index contributed by atoms with van der Waals surface area (Å²) in [6, 6.07) is 12.0. The minimum Gasteiger partial charge on any atom is -0.494 e. The maximum Gasteiger partial charge on any atom is 0.123 e. The Kier molecular flexibility index (Phi) is 7.91. The molecule has 0 spiro atoms. The maximum absolute atomic E-state index is 12.9. The number of aromatic nitrogens is 1. The van der Waals surface area contributed by atoms with Crippen molar-refractivity contribution < 1.29 is 19.0 Å². The molecule has 1 saturated heterocycles. The van der Waals surface area contributed by atoms with Crippen LogP contribution in [0.4, 0.5) is 4.39 Å². The first-order valence-electron chi connectivity index (χ1n) is 11.1. The molecule has 1 aliphatic heterocycles. The van der Waals surface area contributed by atoms with Gasteiger partial charge < -0.3 is 19.5 Å². The van der Waals surface area contributed by atoms with Crippen LogP contribution in [-0.4, -0.2) is 78.5 Å². The van der Waals surface area contributed by atoms with Crippen molar-refractivity contribution in [2.45, 2.75) is 19.4 Å². The first kappa shape index (κ1) is 22.9. The largest absolute Gasteiger partial charge is 0.494 e. The Morgan fingerprint density at radius 2 is 1.75 bits per heavy atom. The van der Waals surface area contributed by atoms with Crippen LogP contribution >= 0.6 is 11.3 Å². The molecular weight excluding hydrogens is 429 g/mol. The zero-order valence-electron chi connectivity index (χ0n) is 18.4. The SMILES string of the molecule is Cc1nc2cc(OC[C@H](O)CN3CCN(CCCOc4ccc(F)cc4)CC3)ccc2s1. The van der Waals surface area contributed by atoms with Crippen LogP contribution in [0.2, 0.25) is 0 Å². The van der Waals surface area contributed by atoms with Crippen LogP contribution in [0.15, 0.2) is 42.5 Å². The van der Waals surface area contributed by atoms with Crippen molar-refractivity contribution in [3.63, 3.8) is 0 Å². The van der Waals surface area contributed by atoms with Gasteiger partial charge in [0.05, 0.1) is 21.8 Å². The highest BCUT2D eigenvalue weighted by molar-refractivity contribution is 7.18. The molecule has 0 amide bonds. The van der Waals surface area contributed by atoms with Crippen molar-refractivity contribution in [3.8, 4) is 11.5 Å². The molecule has 1 aromatic heterocycles. The summed E-state index contributed by atoms with van der Waals surface area (Å²) in [7, 11) is 0. The molecule has 0 radical (unpaired) electrons. The van der Waals surface area contributed by atoms with E-state index in [-0.39, 0.29) is 12.4 Å². The highest BCUT2D eigenvalue weighted by Crippen LogP contribution is 2.25. The molecule has 32 heavy (non-hydrogen) atoms. The Balaban J connectivity index is 1.10. The average molecular weight is 460 g/mol. The van der Waals surface area contributed by atoms with Gasteiger partial charge in [-0.25, -0.2) is 9.37 Å². The van der Waals surface area contributed by atoms with Crippen LogP contribution in [0.25, 0.3) is 10.2 Å². The summed E-state index contributed by atoms with van der Waals surface area (Å²) in [5.41, 5.74) is 0.943. The average Bonchev–Trinajstić information content (AvgIpc) is 3.17. The summed E-state index contributed by atoms with van der Waals surface area (Å²) in [5.74, 6) is 1.20. The van der Waals surface area contributed by atoms with E-state index in [1.165, 1.54) is 12.1 Å². The van der Waals surface area contributed by atoms with Crippen molar-refractivity contribution in [1.29, 1.82) is 0 Å². The molecule has 1 fully saturated rings. The predicted molar refractivity (Wildman–Crippen MR) is 125 cm³/mol. The number of halogens is 1. The zero-order valence-corrected chi connectivity index (χ0v) is 19.2. The summed E-state index contributed by atoms with van der Waals surface area (Å²) < 4.78 is 25.5. The van der Waals surface area contributed by atoms with Crippen molar-refractivity contribution in [3.05, 3.63) is 53.3 Å². The normalized spacial score (nSPS) is 16.3. The van der Waals surface area contributed by atoms with Gasteiger partial charge in [-0.3, -0.25) is 4.90 Å². The molecule has 8 heteroatoms. The van der Waals surface area contributed by atoms with Crippen molar-refractivity contribution in [2.24, 2.45) is 0 Å². The Morgan fingerprint density at radius 3 is 2.53 bits per heavy atom. The fourth-order valence-electron chi connectivity index (χ4n) is 3.86. The molecule has 0 aliphatic carbocycles. The van der Waals surface area contributed by atoms with Gasteiger partial charge in [0, 0.05) is 45.3 Å². The highest BCUT2D eigenvalue weighted by atomic mass is 32.1. The first-order chi connectivity index (χ1) is 15.5. The number of rotatable bonds is 10. The van der Waals surface area contributed by atoms with Gasteiger partial charge in [-0.1, -0.05) is 0 Å². The first-order valence-corrected chi connectivity index (χ1v) is 11.9. The lowest BCUT2D eigenvalue weighted by molar-refractivity contribution is 0.0452. The number of fused-ring (bicyclic) bond motifs is 1. The Labute approximate surface area is 192 Å². The van der Waals surface area contributed by atoms with E-state index in [1.807, 2.05) is 25.1 Å². The predicted octanol–water partition coefficient (Wildman–Crippen LogP) is 3.57. The van der Waals surface area contributed by atoms with Crippen molar-refractivity contribution in [1.82, 2.24) is 14.8 Å². The van der Waals surface area contributed by atoms with E-state index >= 15 is 0 Å². The van der Waals surface area contributed by atoms with E-state index in [0.29, 0.717) is 18.9 Å². The van der Waals surface area contributed by atoms with E-state index in [9.17, 15) is 9.50 Å². The lowest BCUT2D eigenvalue weighted by Gasteiger charge is -2.35. The maximum atomic E-state index is 12.9. The number of ether oxygens (including phenoxy) is 2. The minimum atomic E-state index is -0.529. The fraction of sp³-hybridized carbons (Fsp3) is 0.458. The molecule has 2 aromatic carbocycles. The summed E-state index contributed by atoms with van der Waals surface area (Å²) in [5, 5.41) is 11.4. The van der Waals surface area contributed by atoms with Gasteiger partial charge in [-0.15, -0.1) is 11.3 Å². The quantitative estimate of drug-likeness (QED) is 0.468. The van der Waals surface area contributed by atoms with E-state index < -0.39 is 6.10 Å². The summed E-state index contributed by atoms with van der Waals surface area (Å²) in [6.07, 6.45) is 0.398. The fourth-order valence-corrected chi connectivity index (χ4v) is 4.67. The third-order valence-electron chi connectivity index (χ3n) is 5.54. The number of benzene rings is 2. The third kappa shape index (κ3) is 6.62. The molecule has 172 valence electrons. The van der Waals surface area contributed by atoms with Crippen molar-refractivity contribution >= 4 is 21.6 Å². The molecular formula is C24H30FN3O3S. The Morgan fingerprint density at radius 1 is 1.03 bits per heavy atom. The van der Waals surface area contributed by atoms with E-state index in [1.54, 1.807) is 23.5 Å². The Bertz CT molecular complexity index is 990. The molecule has 1 N–H and O–H groups in total. The van der Waals surface area contributed by atoms with E-state index in [4.69, 9.17) is 9.47 Å². The smallest absolute Gasteiger partial charge is 0.123 e. The van der Waals surface area contributed by atoms with E-state index in [0.717, 1.165) is 60.1 Å². The molecule has 1 atom stereocenters. The molecule has 4 rings (SSSR count). The molecule has 3 aromatic rings. The van der Waals surface area contributed by atoms with Crippen LogP contribution in [0.3, 0.4) is 0 Å². The number of hydrogen-bond acceptors (Lipinski definition) is 7. The molecule has 6 nitrogen and oxygen atoms in total. The van der Waals surface area contributed by atoms with Crippen LogP contribution in [0.1, 0.15) is 11.4 Å². The van der Waals surface area contributed by atoms with Gasteiger partial charge in [0.2, 0.25) is 0 Å². The number of β-amino-alcohol motifs (C(OH)–C–C–N with tert-alkyl or cyclic N) is 1. The Hall–Kier alpha value is -2.26. The standard InChI is InChI=1S/C24H30FN3O3S/c1-18-26-23-15-22(7-8-24(23)32-18)31-17-20(29)16-28-12-10-27(11-13-28)9-2-14-30-21-5-3-19(25)4-6-21/h3-8,15,20,29H,2,9-14,16-17H2,1H3/t20-/m1/s1. The minimum absolute atomic E-state index is 0.251. The second-order valence-corrected chi connectivity index (χ2v) is 9.36. The monoisotopic (exact) mass is 459 g/mol. The summed E-state index contributed by atoms with van der Waals surface area (Å²) in [4.78, 5) is 9.19. The zero-order chi connectivity index (χ0) is 22.3. The van der Waals surface area contributed by atoms with Gasteiger partial charge in [-0.05, 0) is 49.7 Å². The van der Waals surface area contributed by atoms with Crippen LogP contribution < -0.4 is 9.47 Å². The molecule has 1 aliphatic rings. The second kappa shape index (κ2) is 11.0. The van der Waals surface area contributed by atoms with Crippen molar-refractivity contribution in [2.75, 3.05) is 52.5 Å². The number of aryl methyl sites for hydroxylation is 1. The molecule has 0 saturated carbocycles. The van der Waals surface area contributed by atoms with Gasteiger partial charge in [0.25, 0.3) is 0 Å². The lowest BCUT2D eigenvalue weighted by Crippen LogP contribution is -2.49. The summed E-state index contributed by atoms with van der Waals surface area (Å²) >= 11 is 1.67. The summed E-state index contributed by atoms with van der Waals surface area (Å²) in [6.45, 7) is 8.28. The third-order valence-corrected chi connectivity index (χ3v) is 6.50.